The van der Waals surface area contributed by atoms with Crippen molar-refractivity contribution in [1.29, 1.82) is 0 Å². The molecule has 0 unspecified atom stereocenters. The second-order valence-corrected chi connectivity index (χ2v) is 0.476. The molecule has 0 heterocycles. The van der Waals surface area contributed by atoms with Gasteiger partial charge in [-0.15, -0.1) is 20.2 Å². The van der Waals surface area contributed by atoms with Crippen LogP contribution in [0.4, 0.5) is 0 Å². The molecule has 0 aromatic carbocycles. The summed E-state index contributed by atoms with van der Waals surface area (Å²) >= 11 is 0. The molecular weight excluding hydrogens is 212 g/mol. The summed E-state index contributed by atoms with van der Waals surface area (Å²) < 4.78 is 0. The van der Waals surface area contributed by atoms with E-state index in [1.807, 2.05) is 0 Å². The molecule has 2 N–H and O–H groups in total. The first kappa shape index (κ1) is 22.5. The van der Waals surface area contributed by atoms with Crippen molar-refractivity contribution in [2.45, 2.75) is 0 Å². The van der Waals surface area contributed by atoms with Gasteiger partial charge in [-0.3, -0.25) is 0 Å². The Balaban J connectivity index is -0.0000000300. The summed E-state index contributed by atoms with van der Waals surface area (Å²) in [5, 5.41) is 27.3. The molecule has 0 aliphatic heterocycles. The third-order valence-corrected chi connectivity index (χ3v) is 0. The maximum atomic E-state index is 8.36. The van der Waals surface area contributed by atoms with Crippen LogP contribution in [-0.2, 0) is 19.5 Å². The van der Waals surface area contributed by atoms with Crippen LogP contribution < -0.4 is 0 Å². The van der Waals surface area contributed by atoms with Crippen LogP contribution in [0.1, 0.15) is 0 Å². The zero-order valence-corrected chi connectivity index (χ0v) is 7.10. The van der Waals surface area contributed by atoms with E-state index in [0.717, 1.165) is 0 Å². The Labute approximate surface area is 89.5 Å². The van der Waals surface area contributed by atoms with Crippen molar-refractivity contribution in [2.75, 3.05) is 0 Å². The SMILES string of the molecule is O=[N+]([O-])O.O=[N+]([O-])O.[NaH].[Zn]. The number of rotatable bonds is 0. The van der Waals surface area contributed by atoms with Crippen molar-refractivity contribution < 1.29 is 40.1 Å². The van der Waals surface area contributed by atoms with Crippen molar-refractivity contribution >= 4 is 29.6 Å². The van der Waals surface area contributed by atoms with Gasteiger partial charge in [-0.1, -0.05) is 0 Å². The molecule has 52 valence electrons. The molecule has 0 fully saturated rings. The van der Waals surface area contributed by atoms with Crippen molar-refractivity contribution in [3.05, 3.63) is 20.2 Å². The molecule has 0 saturated carbocycles. The molecular formula is H3N2NaO6Zn. The summed E-state index contributed by atoms with van der Waals surface area (Å²) in [4.78, 5) is 16.7. The smallest absolute Gasteiger partial charge is 0 e. The molecule has 0 bridgehead atoms. The number of nitrogens with zero attached hydrogens (tertiary/aromatic N) is 2. The average Bonchev–Trinajstić information content (AvgIpc) is 1.25. The Kier molecular flexibility index (Phi) is 36.0. The van der Waals surface area contributed by atoms with E-state index in [1.54, 1.807) is 0 Å². The Bertz CT molecular complexity index is 73.7. The van der Waals surface area contributed by atoms with Crippen LogP contribution in [0.15, 0.2) is 0 Å². The first-order valence-electron chi connectivity index (χ1n) is 1.13. The summed E-state index contributed by atoms with van der Waals surface area (Å²) in [5.74, 6) is 0. The Morgan fingerprint density at radius 3 is 1.00 bits per heavy atom. The quantitative estimate of drug-likeness (QED) is 0.292. The van der Waals surface area contributed by atoms with Crippen molar-refractivity contribution in [1.82, 2.24) is 0 Å². The topological polar surface area (TPSA) is 127 Å². The molecule has 0 aromatic heterocycles. The van der Waals surface area contributed by atoms with Gasteiger partial charge in [0.2, 0.25) is 0 Å². The molecule has 8 nitrogen and oxygen atoms in total. The molecule has 0 atom stereocenters. The summed E-state index contributed by atoms with van der Waals surface area (Å²) in [7, 11) is 0. The summed E-state index contributed by atoms with van der Waals surface area (Å²) in [6.07, 6.45) is 0. The van der Waals surface area contributed by atoms with Gasteiger partial charge < -0.3 is 10.4 Å². The minimum atomic E-state index is -1.50. The average molecular weight is 215 g/mol. The zero-order valence-electron chi connectivity index (χ0n) is 4.13. The molecule has 0 aromatic rings. The minimum Gasteiger partial charge on any atom is 0 e. The fourth-order valence-corrected chi connectivity index (χ4v) is 0. The van der Waals surface area contributed by atoms with Crippen LogP contribution >= 0.6 is 0 Å². The van der Waals surface area contributed by atoms with Gasteiger partial charge in [0.25, 0.3) is 10.2 Å². The normalized spacial score (nSPS) is 4.80. The predicted molar refractivity (Wildman–Crippen MR) is 24.7 cm³/mol. The third kappa shape index (κ3) is 724000. The molecule has 0 saturated heterocycles. The fourth-order valence-electron chi connectivity index (χ4n) is 0. The Morgan fingerprint density at radius 2 is 1.00 bits per heavy atom. The molecule has 10 heavy (non-hydrogen) atoms. The first-order chi connectivity index (χ1) is 3.46. The minimum absolute atomic E-state index is 0. The van der Waals surface area contributed by atoms with Gasteiger partial charge in [0.15, 0.2) is 0 Å². The molecule has 0 amide bonds. The fraction of sp³-hybridized carbons (Fsp3) is 0. The Morgan fingerprint density at radius 1 is 1.00 bits per heavy atom. The monoisotopic (exact) mass is 214 g/mol. The molecule has 0 aliphatic carbocycles. The first-order valence-corrected chi connectivity index (χ1v) is 1.13. The van der Waals surface area contributed by atoms with E-state index in [4.69, 9.17) is 30.6 Å². The Hall–Kier alpha value is 0.0234. The van der Waals surface area contributed by atoms with E-state index in [0.29, 0.717) is 0 Å². The van der Waals surface area contributed by atoms with E-state index in [2.05, 4.69) is 0 Å². The number of hydrogen-bond acceptors (Lipinski definition) is 4. The van der Waals surface area contributed by atoms with Crippen molar-refractivity contribution in [3.8, 4) is 0 Å². The molecule has 0 radical (unpaired) electrons. The molecule has 0 rings (SSSR count). The van der Waals surface area contributed by atoms with Gasteiger partial charge >= 0.3 is 29.6 Å². The maximum Gasteiger partial charge on any atom is 0 e. The summed E-state index contributed by atoms with van der Waals surface area (Å²) in [6.45, 7) is 0. The maximum absolute atomic E-state index is 8.36. The van der Waals surface area contributed by atoms with Gasteiger partial charge in [-0.2, -0.15) is 0 Å². The predicted octanol–water partition coefficient (Wildman–Crippen LogP) is -1.35. The van der Waals surface area contributed by atoms with Gasteiger partial charge in [-0.05, 0) is 0 Å². The van der Waals surface area contributed by atoms with Crippen LogP contribution in [0.3, 0.4) is 0 Å². The van der Waals surface area contributed by atoms with E-state index < -0.39 is 10.2 Å². The van der Waals surface area contributed by atoms with E-state index >= 15 is 0 Å². The number of hydrogen-bond donors (Lipinski definition) is 2. The molecule has 10 heteroatoms. The van der Waals surface area contributed by atoms with Gasteiger partial charge in [0.1, 0.15) is 0 Å². The second-order valence-electron chi connectivity index (χ2n) is 0.476. The second kappa shape index (κ2) is 16.0. The van der Waals surface area contributed by atoms with Crippen LogP contribution in [0, 0.1) is 20.2 Å². The van der Waals surface area contributed by atoms with Crippen molar-refractivity contribution in [2.24, 2.45) is 0 Å². The molecule has 0 aliphatic rings. The van der Waals surface area contributed by atoms with Crippen LogP contribution in [-0.4, -0.2) is 50.1 Å². The standard InChI is InChI=1S/2HNO3.Na.Zn.H/c2*2-1(3)4;;;/h2*(H,2,3,4);;;. The molecule has 0 spiro atoms. The third-order valence-electron chi connectivity index (χ3n) is 0. The summed E-state index contributed by atoms with van der Waals surface area (Å²) in [6, 6.07) is 0. The van der Waals surface area contributed by atoms with E-state index in [1.165, 1.54) is 0 Å². The van der Waals surface area contributed by atoms with Crippen LogP contribution in [0.2, 0.25) is 0 Å². The van der Waals surface area contributed by atoms with E-state index in [-0.39, 0.29) is 49.0 Å². The zero-order chi connectivity index (χ0) is 7.15. The van der Waals surface area contributed by atoms with Gasteiger partial charge in [0, 0.05) is 19.5 Å². The summed E-state index contributed by atoms with van der Waals surface area (Å²) in [5.41, 5.74) is 0. The van der Waals surface area contributed by atoms with Crippen LogP contribution in [0.5, 0.6) is 0 Å². The van der Waals surface area contributed by atoms with E-state index in [9.17, 15) is 0 Å². The van der Waals surface area contributed by atoms with Gasteiger partial charge in [-0.25, -0.2) is 0 Å². The van der Waals surface area contributed by atoms with Gasteiger partial charge in [0.05, 0.1) is 0 Å². The largest absolute Gasteiger partial charge is 0 e. The van der Waals surface area contributed by atoms with Crippen molar-refractivity contribution in [3.63, 3.8) is 0 Å². The van der Waals surface area contributed by atoms with Crippen LogP contribution in [0.25, 0.3) is 0 Å².